The lowest BCUT2D eigenvalue weighted by Crippen LogP contribution is -2.26. The molecule has 1 aromatic heterocycles. The van der Waals surface area contributed by atoms with Crippen LogP contribution in [0.5, 0.6) is 5.75 Å². The number of carboxylic acids is 1. The Labute approximate surface area is 194 Å². The summed E-state index contributed by atoms with van der Waals surface area (Å²) in [5.74, 6) is -2.63. The van der Waals surface area contributed by atoms with E-state index in [1.54, 1.807) is 13.0 Å². The molecule has 1 aliphatic rings. The third kappa shape index (κ3) is 4.51. The molecule has 1 aliphatic carbocycles. The number of alkyl halides is 3. The molecule has 0 radical (unpaired) electrons. The van der Waals surface area contributed by atoms with E-state index in [0.717, 1.165) is 16.8 Å². The van der Waals surface area contributed by atoms with Crippen LogP contribution >= 0.6 is 23.2 Å². The molecule has 1 saturated carbocycles. The number of hydrogen-bond acceptors (Lipinski definition) is 6. The first-order valence-electron chi connectivity index (χ1n) is 9.31. The minimum absolute atomic E-state index is 0.0219. The lowest BCUT2D eigenvalue weighted by atomic mass is 9.93. The molecule has 9 nitrogen and oxygen atoms in total. The maximum absolute atomic E-state index is 12.6. The summed E-state index contributed by atoms with van der Waals surface area (Å²) in [6.45, 7) is 3.16. The average Bonchev–Trinajstić information content (AvgIpc) is 3.23. The van der Waals surface area contributed by atoms with Crippen LogP contribution in [0.4, 0.5) is 23.8 Å². The van der Waals surface area contributed by atoms with Crippen molar-refractivity contribution in [2.45, 2.75) is 32.0 Å². The molecule has 33 heavy (non-hydrogen) atoms. The molecule has 0 saturated heterocycles. The molecular weight excluding hydrogens is 492 g/mol. The molecule has 2 atom stereocenters. The second kappa shape index (κ2) is 8.64. The van der Waals surface area contributed by atoms with Crippen molar-refractivity contribution >= 4 is 41.1 Å². The third-order valence-electron chi connectivity index (χ3n) is 5.06. The van der Waals surface area contributed by atoms with Gasteiger partial charge in [0.05, 0.1) is 22.2 Å². The van der Waals surface area contributed by atoms with Crippen molar-refractivity contribution in [2.75, 3.05) is 11.9 Å². The number of benzene rings is 1. The number of aromatic nitrogens is 2. The molecule has 0 aliphatic heterocycles. The minimum Gasteiger partial charge on any atom is -0.481 e. The highest BCUT2D eigenvalue weighted by molar-refractivity contribution is 6.38. The predicted octanol–water partition coefficient (Wildman–Crippen LogP) is 4.88. The zero-order valence-corrected chi connectivity index (χ0v) is 18.5. The number of anilines is 1. The van der Waals surface area contributed by atoms with Gasteiger partial charge in [0, 0.05) is 12.1 Å². The number of nitrogens with zero attached hydrogens (tertiary/aromatic N) is 3. The van der Waals surface area contributed by atoms with Gasteiger partial charge in [-0.05, 0) is 19.3 Å². The topological polar surface area (TPSA) is 126 Å². The zero-order chi connectivity index (χ0) is 24.7. The molecule has 1 fully saturated rings. The van der Waals surface area contributed by atoms with E-state index in [0.29, 0.717) is 0 Å². The SMILES string of the molecule is CCOC(=O)Nc1c(C2(C(=O)O)CC2C)c(C#N)nn1-c1c(Cl)cc(OC(F)(F)F)cc1Cl. The highest BCUT2D eigenvalue weighted by Crippen LogP contribution is 2.57. The minimum atomic E-state index is -5.01. The molecule has 2 N–H and O–H groups in total. The van der Waals surface area contributed by atoms with E-state index >= 15 is 0 Å². The Morgan fingerprint density at radius 2 is 1.97 bits per heavy atom. The smallest absolute Gasteiger partial charge is 0.481 e. The normalized spacial score (nSPS) is 19.5. The quantitative estimate of drug-likeness (QED) is 0.571. The number of nitrogens with one attached hydrogen (secondary N) is 1. The maximum atomic E-state index is 12.6. The van der Waals surface area contributed by atoms with Crippen molar-refractivity contribution in [3.05, 3.63) is 33.4 Å². The van der Waals surface area contributed by atoms with Gasteiger partial charge in [0.1, 0.15) is 28.7 Å². The largest absolute Gasteiger partial charge is 0.573 e. The second-order valence-electron chi connectivity index (χ2n) is 7.11. The summed E-state index contributed by atoms with van der Waals surface area (Å²) < 4.78 is 47.3. The van der Waals surface area contributed by atoms with E-state index < -0.39 is 35.5 Å². The molecular formula is C19H15Cl2F3N4O5. The fourth-order valence-electron chi connectivity index (χ4n) is 3.57. The molecule has 0 bridgehead atoms. The summed E-state index contributed by atoms with van der Waals surface area (Å²) in [5.41, 5.74) is -2.18. The van der Waals surface area contributed by atoms with Crippen molar-refractivity contribution in [3.8, 4) is 17.5 Å². The second-order valence-corrected chi connectivity index (χ2v) is 7.92. The van der Waals surface area contributed by atoms with Crippen LogP contribution in [-0.2, 0) is 14.9 Å². The van der Waals surface area contributed by atoms with Crippen molar-refractivity contribution < 1.29 is 37.3 Å². The first kappa shape index (κ1) is 24.5. The average molecular weight is 507 g/mol. The van der Waals surface area contributed by atoms with E-state index in [2.05, 4.69) is 15.2 Å². The lowest BCUT2D eigenvalue weighted by molar-refractivity contribution is -0.274. The van der Waals surface area contributed by atoms with Crippen LogP contribution in [0.2, 0.25) is 10.0 Å². The van der Waals surface area contributed by atoms with Gasteiger partial charge in [-0.1, -0.05) is 30.1 Å². The van der Waals surface area contributed by atoms with Crippen LogP contribution in [0, 0.1) is 17.2 Å². The number of carbonyl (C=O) groups is 2. The monoisotopic (exact) mass is 506 g/mol. The van der Waals surface area contributed by atoms with E-state index in [9.17, 15) is 33.1 Å². The van der Waals surface area contributed by atoms with Crippen LogP contribution in [0.15, 0.2) is 12.1 Å². The van der Waals surface area contributed by atoms with Crippen LogP contribution in [0.3, 0.4) is 0 Å². The molecule has 176 valence electrons. The van der Waals surface area contributed by atoms with E-state index in [1.165, 1.54) is 6.92 Å². The van der Waals surface area contributed by atoms with Gasteiger partial charge in [-0.15, -0.1) is 13.2 Å². The Bertz CT molecular complexity index is 1150. The Balaban J connectivity index is 2.26. The van der Waals surface area contributed by atoms with E-state index in [4.69, 9.17) is 27.9 Å². The number of rotatable bonds is 6. The molecule has 2 unspecified atom stereocenters. The van der Waals surface area contributed by atoms with Crippen LogP contribution < -0.4 is 10.1 Å². The summed E-state index contributed by atoms with van der Waals surface area (Å²) in [6.07, 6.45) is -5.84. The highest BCUT2D eigenvalue weighted by Gasteiger charge is 2.62. The lowest BCUT2D eigenvalue weighted by Gasteiger charge is -2.17. The van der Waals surface area contributed by atoms with Gasteiger partial charge < -0.3 is 14.6 Å². The summed E-state index contributed by atoms with van der Waals surface area (Å²) in [5, 5.41) is 25.2. The van der Waals surface area contributed by atoms with Gasteiger partial charge in [-0.2, -0.15) is 10.4 Å². The molecule has 0 spiro atoms. The molecule has 3 rings (SSSR count). The van der Waals surface area contributed by atoms with Gasteiger partial charge in [-0.3, -0.25) is 10.1 Å². The van der Waals surface area contributed by atoms with Crippen LogP contribution in [-0.4, -0.2) is 39.9 Å². The zero-order valence-electron chi connectivity index (χ0n) is 17.0. The maximum Gasteiger partial charge on any atom is 0.573 e. The van der Waals surface area contributed by atoms with Gasteiger partial charge in [0.25, 0.3) is 0 Å². The van der Waals surface area contributed by atoms with E-state index in [1.807, 2.05) is 0 Å². The summed E-state index contributed by atoms with van der Waals surface area (Å²) in [6, 6.07) is 3.41. The van der Waals surface area contributed by atoms with Crippen molar-refractivity contribution in [2.24, 2.45) is 5.92 Å². The molecule has 1 aromatic carbocycles. The van der Waals surface area contributed by atoms with Crippen molar-refractivity contribution in [1.29, 1.82) is 5.26 Å². The summed E-state index contributed by atoms with van der Waals surface area (Å²) >= 11 is 12.3. The van der Waals surface area contributed by atoms with E-state index in [-0.39, 0.29) is 45.8 Å². The number of carboxylic acid groups (broad SMARTS) is 1. The number of carbonyl (C=O) groups excluding carboxylic acids is 1. The molecule has 14 heteroatoms. The number of amides is 1. The number of nitriles is 1. The number of hydrogen-bond donors (Lipinski definition) is 2. The Morgan fingerprint density at radius 3 is 2.39 bits per heavy atom. The predicted molar refractivity (Wildman–Crippen MR) is 109 cm³/mol. The fourth-order valence-corrected chi connectivity index (χ4v) is 4.20. The standard InChI is InChI=1S/C19H15Cl2F3N4O5/c1-3-32-17(31)26-15-13(18(16(29)30)6-8(18)2)12(7-25)27-28(15)14-10(20)4-9(5-11(14)21)33-19(22,23)24/h4-5,8H,3,6H2,1-2H3,(H,26,31)(H,29,30). The first-order chi connectivity index (χ1) is 15.4. The molecule has 2 aromatic rings. The summed E-state index contributed by atoms with van der Waals surface area (Å²) in [7, 11) is 0. The highest BCUT2D eigenvalue weighted by atomic mass is 35.5. The van der Waals surface area contributed by atoms with Crippen molar-refractivity contribution in [3.63, 3.8) is 0 Å². The van der Waals surface area contributed by atoms with Crippen molar-refractivity contribution in [1.82, 2.24) is 9.78 Å². The van der Waals surface area contributed by atoms with Gasteiger partial charge in [0.15, 0.2) is 5.69 Å². The number of aliphatic carboxylic acids is 1. The molecule has 1 amide bonds. The Kier molecular flexibility index (Phi) is 6.41. The third-order valence-corrected chi connectivity index (χ3v) is 5.64. The Hall–Kier alpha value is -3.17. The fraction of sp³-hybridized carbons (Fsp3) is 0.368. The summed E-state index contributed by atoms with van der Waals surface area (Å²) in [4.78, 5) is 24.3. The van der Waals surface area contributed by atoms with Gasteiger partial charge in [0.2, 0.25) is 0 Å². The molecule has 1 heterocycles. The van der Waals surface area contributed by atoms with Crippen LogP contribution in [0.1, 0.15) is 31.5 Å². The van der Waals surface area contributed by atoms with Gasteiger partial charge in [-0.25, -0.2) is 9.48 Å². The number of halogens is 5. The Morgan fingerprint density at radius 1 is 1.39 bits per heavy atom. The first-order valence-corrected chi connectivity index (χ1v) is 10.1. The van der Waals surface area contributed by atoms with Gasteiger partial charge >= 0.3 is 18.4 Å². The number of ether oxygens (including phenoxy) is 2. The van der Waals surface area contributed by atoms with Crippen LogP contribution in [0.25, 0.3) is 5.69 Å².